The molecule has 3 rings (SSSR count). The summed E-state index contributed by atoms with van der Waals surface area (Å²) in [5.74, 6) is 1.34. The molecular weight excluding hydrogens is 326 g/mol. The Morgan fingerprint density at radius 2 is 1.88 bits per heavy atom. The number of methoxy groups -OCH3 is 2. The highest BCUT2D eigenvalue weighted by Crippen LogP contribution is 2.27. The second-order valence-electron chi connectivity index (χ2n) is 5.00. The molecule has 1 heterocycles. The molecule has 1 aromatic heterocycles. The number of aromatic nitrogens is 1. The van der Waals surface area contributed by atoms with Crippen molar-refractivity contribution in [2.24, 2.45) is 5.10 Å². The Bertz CT molecular complexity index is 897. The minimum Gasteiger partial charge on any atom is -0.493 e. The fourth-order valence-electron chi connectivity index (χ4n) is 2.33. The highest BCUT2D eigenvalue weighted by atomic mass is 35.5. The summed E-state index contributed by atoms with van der Waals surface area (Å²) >= 11 is 6.00. The van der Waals surface area contributed by atoms with E-state index in [0.717, 1.165) is 22.2 Å². The number of nitrogens with one attached hydrogen (secondary N) is 1. The molecule has 0 bridgehead atoms. The first-order chi connectivity index (χ1) is 11.7. The quantitative estimate of drug-likeness (QED) is 0.553. The summed E-state index contributed by atoms with van der Waals surface area (Å²) in [5.41, 5.74) is 5.60. The van der Waals surface area contributed by atoms with Crippen LogP contribution >= 0.6 is 11.6 Å². The lowest BCUT2D eigenvalue weighted by molar-refractivity contribution is 0.355. The van der Waals surface area contributed by atoms with Crippen LogP contribution in [0.5, 0.6) is 11.5 Å². The largest absolute Gasteiger partial charge is 0.493 e. The summed E-state index contributed by atoms with van der Waals surface area (Å²) in [4.78, 5) is 4.30. The smallest absolute Gasteiger partial charge is 0.161 e. The Kier molecular flexibility index (Phi) is 4.82. The van der Waals surface area contributed by atoms with Gasteiger partial charge in [0.1, 0.15) is 0 Å². The molecule has 0 saturated heterocycles. The van der Waals surface area contributed by atoms with Gasteiger partial charge >= 0.3 is 0 Å². The molecule has 6 heteroatoms. The Labute approximate surface area is 144 Å². The lowest BCUT2D eigenvalue weighted by Crippen LogP contribution is -1.95. The fraction of sp³-hybridized carbons (Fsp3) is 0.111. The number of nitrogens with zero attached hydrogens (tertiary/aromatic N) is 2. The molecule has 3 aromatic rings. The SMILES string of the molecule is COc1ccc(C=NNc2ccnc3cc(Cl)ccc23)cc1OC. The average molecular weight is 342 g/mol. The number of fused-ring (bicyclic) bond motifs is 1. The second kappa shape index (κ2) is 7.19. The zero-order valence-electron chi connectivity index (χ0n) is 13.3. The van der Waals surface area contributed by atoms with Gasteiger partial charge in [-0.15, -0.1) is 0 Å². The number of pyridine rings is 1. The minimum absolute atomic E-state index is 0.654. The van der Waals surface area contributed by atoms with Crippen molar-refractivity contribution in [1.29, 1.82) is 0 Å². The van der Waals surface area contributed by atoms with Crippen molar-refractivity contribution in [1.82, 2.24) is 4.98 Å². The summed E-state index contributed by atoms with van der Waals surface area (Å²) < 4.78 is 10.5. The number of hydrogen-bond donors (Lipinski definition) is 1. The first-order valence-electron chi connectivity index (χ1n) is 7.26. The zero-order valence-corrected chi connectivity index (χ0v) is 14.0. The van der Waals surface area contributed by atoms with Gasteiger partial charge in [0.05, 0.1) is 31.6 Å². The van der Waals surface area contributed by atoms with Crippen LogP contribution in [0.2, 0.25) is 5.02 Å². The molecule has 2 aromatic carbocycles. The van der Waals surface area contributed by atoms with E-state index in [2.05, 4.69) is 15.5 Å². The third-order valence-electron chi connectivity index (χ3n) is 3.51. The first-order valence-corrected chi connectivity index (χ1v) is 7.64. The molecule has 122 valence electrons. The van der Waals surface area contributed by atoms with Gasteiger partial charge in [0, 0.05) is 16.6 Å². The van der Waals surface area contributed by atoms with Gasteiger partial charge in [-0.3, -0.25) is 10.4 Å². The number of rotatable bonds is 5. The fourth-order valence-corrected chi connectivity index (χ4v) is 2.49. The van der Waals surface area contributed by atoms with E-state index in [0.29, 0.717) is 16.5 Å². The topological polar surface area (TPSA) is 55.7 Å². The Morgan fingerprint density at radius 1 is 1.04 bits per heavy atom. The molecule has 0 radical (unpaired) electrons. The van der Waals surface area contributed by atoms with Crippen LogP contribution in [-0.2, 0) is 0 Å². The number of hydrazone groups is 1. The Hall–Kier alpha value is -2.79. The van der Waals surface area contributed by atoms with Crippen LogP contribution in [0, 0.1) is 0 Å². The van der Waals surface area contributed by atoms with E-state index in [9.17, 15) is 0 Å². The van der Waals surface area contributed by atoms with Crippen molar-refractivity contribution in [2.45, 2.75) is 0 Å². The lowest BCUT2D eigenvalue weighted by Gasteiger charge is -2.08. The zero-order chi connectivity index (χ0) is 16.9. The number of anilines is 1. The number of benzene rings is 2. The van der Waals surface area contributed by atoms with Crippen LogP contribution in [0.25, 0.3) is 10.9 Å². The predicted octanol–water partition coefficient (Wildman–Crippen LogP) is 4.35. The minimum atomic E-state index is 0.654. The van der Waals surface area contributed by atoms with Crippen molar-refractivity contribution in [2.75, 3.05) is 19.6 Å². The number of halogens is 1. The van der Waals surface area contributed by atoms with Gasteiger partial charge in [-0.25, -0.2) is 0 Å². The van der Waals surface area contributed by atoms with E-state index in [1.54, 1.807) is 26.6 Å². The lowest BCUT2D eigenvalue weighted by atomic mass is 10.2. The third kappa shape index (κ3) is 3.41. The van der Waals surface area contributed by atoms with Crippen LogP contribution in [0.4, 0.5) is 5.69 Å². The van der Waals surface area contributed by atoms with Gasteiger partial charge in [-0.05, 0) is 48.0 Å². The van der Waals surface area contributed by atoms with E-state index in [-0.39, 0.29) is 0 Å². The van der Waals surface area contributed by atoms with Gasteiger partial charge in [0.15, 0.2) is 11.5 Å². The molecule has 0 aliphatic heterocycles. The van der Waals surface area contributed by atoms with Crippen LogP contribution in [0.1, 0.15) is 5.56 Å². The monoisotopic (exact) mass is 341 g/mol. The van der Waals surface area contributed by atoms with Gasteiger partial charge in [0.25, 0.3) is 0 Å². The molecule has 0 fully saturated rings. The molecule has 0 amide bonds. The molecule has 0 unspecified atom stereocenters. The summed E-state index contributed by atoms with van der Waals surface area (Å²) in [7, 11) is 3.21. The third-order valence-corrected chi connectivity index (χ3v) is 3.75. The Morgan fingerprint density at radius 3 is 2.67 bits per heavy atom. The number of ether oxygens (including phenoxy) is 2. The molecule has 5 nitrogen and oxygen atoms in total. The average Bonchev–Trinajstić information content (AvgIpc) is 2.61. The summed E-state index contributed by atoms with van der Waals surface area (Å²) in [6.07, 6.45) is 3.43. The molecule has 0 aliphatic rings. The van der Waals surface area contributed by atoms with Gasteiger partial charge in [0.2, 0.25) is 0 Å². The van der Waals surface area contributed by atoms with Crippen molar-refractivity contribution < 1.29 is 9.47 Å². The maximum atomic E-state index is 6.00. The van der Waals surface area contributed by atoms with Crippen molar-refractivity contribution in [3.63, 3.8) is 0 Å². The summed E-state index contributed by atoms with van der Waals surface area (Å²) in [5, 5.41) is 5.89. The van der Waals surface area contributed by atoms with Crippen LogP contribution in [0.3, 0.4) is 0 Å². The highest BCUT2D eigenvalue weighted by molar-refractivity contribution is 6.31. The maximum absolute atomic E-state index is 6.00. The molecule has 0 spiro atoms. The van der Waals surface area contributed by atoms with Crippen molar-refractivity contribution >= 4 is 34.4 Å². The molecule has 24 heavy (non-hydrogen) atoms. The predicted molar refractivity (Wildman–Crippen MR) is 97.5 cm³/mol. The van der Waals surface area contributed by atoms with E-state index < -0.39 is 0 Å². The van der Waals surface area contributed by atoms with Crippen LogP contribution in [-0.4, -0.2) is 25.4 Å². The van der Waals surface area contributed by atoms with E-state index in [4.69, 9.17) is 21.1 Å². The van der Waals surface area contributed by atoms with Crippen LogP contribution in [0.15, 0.2) is 53.8 Å². The van der Waals surface area contributed by atoms with Crippen molar-refractivity contribution in [3.05, 3.63) is 59.2 Å². The van der Waals surface area contributed by atoms with E-state index in [1.807, 2.05) is 42.5 Å². The van der Waals surface area contributed by atoms with Crippen LogP contribution < -0.4 is 14.9 Å². The summed E-state index contributed by atoms with van der Waals surface area (Å²) in [6.45, 7) is 0. The molecule has 0 atom stereocenters. The Balaban J connectivity index is 1.82. The van der Waals surface area contributed by atoms with E-state index in [1.165, 1.54) is 0 Å². The normalized spacial score (nSPS) is 11.0. The van der Waals surface area contributed by atoms with Gasteiger partial charge in [-0.1, -0.05) is 11.6 Å². The first kappa shape index (κ1) is 16.1. The van der Waals surface area contributed by atoms with E-state index >= 15 is 0 Å². The van der Waals surface area contributed by atoms with Gasteiger partial charge < -0.3 is 9.47 Å². The standard InChI is InChI=1S/C18H16ClN3O2/c1-23-17-6-3-12(9-18(17)24-2)11-21-22-15-7-8-20-16-10-13(19)4-5-14(15)16/h3-11H,1-2H3,(H,20,22). The highest BCUT2D eigenvalue weighted by Gasteiger charge is 2.04. The molecule has 1 N–H and O–H groups in total. The summed E-state index contributed by atoms with van der Waals surface area (Å²) in [6, 6.07) is 13.0. The van der Waals surface area contributed by atoms with Crippen molar-refractivity contribution in [3.8, 4) is 11.5 Å². The maximum Gasteiger partial charge on any atom is 0.161 e. The van der Waals surface area contributed by atoms with Gasteiger partial charge in [-0.2, -0.15) is 5.10 Å². The molecule has 0 saturated carbocycles. The number of hydrogen-bond acceptors (Lipinski definition) is 5. The second-order valence-corrected chi connectivity index (χ2v) is 5.44. The molecular formula is C18H16ClN3O2. The molecule has 0 aliphatic carbocycles.